The summed E-state index contributed by atoms with van der Waals surface area (Å²) in [5, 5.41) is 4.05. The number of aromatic nitrogens is 1. The molecule has 1 aliphatic heterocycles. The number of benzene rings is 2. The molecule has 1 N–H and O–H groups in total. The summed E-state index contributed by atoms with van der Waals surface area (Å²) in [6, 6.07) is 13.1. The van der Waals surface area contributed by atoms with Gasteiger partial charge in [-0.25, -0.2) is 0 Å². The molecule has 1 unspecified atom stereocenters. The molecule has 136 valence electrons. The highest BCUT2D eigenvalue weighted by Crippen LogP contribution is 2.37. The van der Waals surface area contributed by atoms with E-state index in [1.807, 2.05) is 31.3 Å². The van der Waals surface area contributed by atoms with Gasteiger partial charge in [-0.15, -0.1) is 0 Å². The molecule has 0 saturated carbocycles. The Balaban J connectivity index is 1.81. The third-order valence-corrected chi connectivity index (χ3v) is 5.23. The second-order valence-electron chi connectivity index (χ2n) is 6.86. The van der Waals surface area contributed by atoms with Crippen LogP contribution in [-0.4, -0.2) is 37.7 Å². The third-order valence-electron chi connectivity index (χ3n) is 5.01. The first-order chi connectivity index (χ1) is 12.5. The summed E-state index contributed by atoms with van der Waals surface area (Å²) < 4.78 is 6.23. The van der Waals surface area contributed by atoms with E-state index >= 15 is 0 Å². The van der Waals surface area contributed by atoms with Crippen molar-refractivity contribution in [2.45, 2.75) is 19.9 Å². The molecule has 4 rings (SSSR count). The molecule has 1 aromatic heterocycles. The van der Waals surface area contributed by atoms with Gasteiger partial charge in [-0.1, -0.05) is 29.8 Å². The standard InChI is InChI=1S/C20H23ClN4O/c1-13-6-4-5-7-17(13)24(3)18-11-15(21)10-16-19(18)26-20(23-16)25-9-8-22-12-14(25)2/h4-7,10-11,14,22H,8-9,12H2,1-3H3. The number of aryl methyl sites for hydroxylation is 1. The minimum absolute atomic E-state index is 0.338. The van der Waals surface area contributed by atoms with Gasteiger partial charge in [-0.3, -0.25) is 0 Å². The van der Waals surface area contributed by atoms with Crippen LogP contribution in [0.4, 0.5) is 17.4 Å². The number of oxazole rings is 1. The van der Waals surface area contributed by atoms with Crippen molar-refractivity contribution in [3.8, 4) is 0 Å². The Morgan fingerprint density at radius 2 is 2.08 bits per heavy atom. The quantitative estimate of drug-likeness (QED) is 0.742. The lowest BCUT2D eigenvalue weighted by Gasteiger charge is -2.32. The second kappa shape index (κ2) is 6.82. The zero-order chi connectivity index (χ0) is 18.3. The average molecular weight is 371 g/mol. The molecule has 6 heteroatoms. The molecule has 5 nitrogen and oxygen atoms in total. The van der Waals surface area contributed by atoms with Gasteiger partial charge in [-0.2, -0.15) is 4.98 Å². The van der Waals surface area contributed by atoms with Crippen LogP contribution in [0.1, 0.15) is 12.5 Å². The number of hydrogen-bond donors (Lipinski definition) is 1. The first-order valence-corrected chi connectivity index (χ1v) is 9.29. The normalized spacial score (nSPS) is 17.7. The molecule has 1 saturated heterocycles. The maximum Gasteiger partial charge on any atom is 0.298 e. The monoisotopic (exact) mass is 370 g/mol. The van der Waals surface area contributed by atoms with E-state index in [-0.39, 0.29) is 0 Å². The minimum atomic E-state index is 0.338. The van der Waals surface area contributed by atoms with Crippen LogP contribution < -0.4 is 15.1 Å². The largest absolute Gasteiger partial charge is 0.421 e. The van der Waals surface area contributed by atoms with E-state index in [1.54, 1.807) is 0 Å². The lowest BCUT2D eigenvalue weighted by molar-refractivity contribution is 0.456. The molecule has 0 amide bonds. The topological polar surface area (TPSA) is 44.5 Å². The fourth-order valence-electron chi connectivity index (χ4n) is 3.54. The van der Waals surface area contributed by atoms with Gasteiger partial charge in [0.05, 0.1) is 5.69 Å². The van der Waals surface area contributed by atoms with Gasteiger partial charge >= 0.3 is 0 Å². The van der Waals surface area contributed by atoms with Crippen molar-refractivity contribution >= 4 is 40.1 Å². The van der Waals surface area contributed by atoms with E-state index in [4.69, 9.17) is 21.0 Å². The highest BCUT2D eigenvalue weighted by atomic mass is 35.5. The van der Waals surface area contributed by atoms with Gasteiger partial charge in [0.15, 0.2) is 5.58 Å². The molecule has 1 atom stereocenters. The van der Waals surface area contributed by atoms with Crippen LogP contribution in [0.25, 0.3) is 11.1 Å². The number of piperazine rings is 1. The Bertz CT molecular complexity index is 939. The summed E-state index contributed by atoms with van der Waals surface area (Å²) in [6.07, 6.45) is 0. The van der Waals surface area contributed by atoms with E-state index in [9.17, 15) is 0 Å². The van der Waals surface area contributed by atoms with E-state index < -0.39 is 0 Å². The number of fused-ring (bicyclic) bond motifs is 1. The fourth-order valence-corrected chi connectivity index (χ4v) is 3.74. The molecule has 3 aromatic rings. The SMILES string of the molecule is Cc1ccccc1N(C)c1cc(Cl)cc2nc(N3CCNCC3C)oc12. The van der Waals surface area contributed by atoms with Gasteiger partial charge in [0, 0.05) is 43.4 Å². The Hall–Kier alpha value is -2.24. The van der Waals surface area contributed by atoms with Gasteiger partial charge in [-0.05, 0) is 37.6 Å². The Kier molecular flexibility index (Phi) is 4.51. The van der Waals surface area contributed by atoms with Crippen LogP contribution in [-0.2, 0) is 0 Å². The molecule has 1 aliphatic rings. The maximum absolute atomic E-state index is 6.39. The summed E-state index contributed by atoms with van der Waals surface area (Å²) in [6.45, 7) is 7.01. The predicted molar refractivity (Wildman–Crippen MR) is 108 cm³/mol. The molecular formula is C20H23ClN4O. The van der Waals surface area contributed by atoms with Crippen molar-refractivity contribution in [2.75, 3.05) is 36.5 Å². The first-order valence-electron chi connectivity index (χ1n) is 8.91. The van der Waals surface area contributed by atoms with Gasteiger partial charge in [0.2, 0.25) is 0 Å². The van der Waals surface area contributed by atoms with Crippen LogP contribution in [0.5, 0.6) is 0 Å². The summed E-state index contributed by atoms with van der Waals surface area (Å²) in [5.41, 5.74) is 4.78. The number of hydrogen-bond acceptors (Lipinski definition) is 5. The molecule has 26 heavy (non-hydrogen) atoms. The Morgan fingerprint density at radius 1 is 1.27 bits per heavy atom. The maximum atomic E-state index is 6.39. The zero-order valence-electron chi connectivity index (χ0n) is 15.3. The van der Waals surface area contributed by atoms with Crippen molar-refractivity contribution in [2.24, 2.45) is 0 Å². The number of anilines is 3. The lowest BCUT2D eigenvalue weighted by Crippen LogP contribution is -2.50. The van der Waals surface area contributed by atoms with Gasteiger partial charge < -0.3 is 19.5 Å². The van der Waals surface area contributed by atoms with E-state index in [0.717, 1.165) is 42.1 Å². The van der Waals surface area contributed by atoms with Crippen LogP contribution in [0.3, 0.4) is 0 Å². The predicted octanol–water partition coefficient (Wildman–Crippen LogP) is 4.36. The zero-order valence-corrected chi connectivity index (χ0v) is 16.0. The van der Waals surface area contributed by atoms with Crippen molar-refractivity contribution in [1.29, 1.82) is 0 Å². The summed E-state index contributed by atoms with van der Waals surface area (Å²) in [7, 11) is 2.03. The number of para-hydroxylation sites is 1. The molecule has 0 radical (unpaired) electrons. The summed E-state index contributed by atoms with van der Waals surface area (Å²) >= 11 is 6.39. The van der Waals surface area contributed by atoms with Crippen molar-refractivity contribution in [3.05, 3.63) is 47.0 Å². The number of nitrogens with zero attached hydrogens (tertiary/aromatic N) is 3. The number of rotatable bonds is 3. The molecule has 0 spiro atoms. The molecular weight excluding hydrogens is 348 g/mol. The van der Waals surface area contributed by atoms with E-state index in [2.05, 4.69) is 41.1 Å². The number of nitrogens with one attached hydrogen (secondary N) is 1. The minimum Gasteiger partial charge on any atom is -0.421 e. The summed E-state index contributed by atoms with van der Waals surface area (Å²) in [4.78, 5) is 9.05. The number of halogens is 1. The highest BCUT2D eigenvalue weighted by Gasteiger charge is 2.24. The summed E-state index contributed by atoms with van der Waals surface area (Å²) in [5.74, 6) is 0. The van der Waals surface area contributed by atoms with Crippen LogP contribution in [0.2, 0.25) is 5.02 Å². The van der Waals surface area contributed by atoms with Crippen molar-refractivity contribution < 1.29 is 4.42 Å². The molecule has 2 heterocycles. The first kappa shape index (κ1) is 17.2. The van der Waals surface area contributed by atoms with Crippen molar-refractivity contribution in [1.82, 2.24) is 10.3 Å². The van der Waals surface area contributed by atoms with Gasteiger partial charge in [0.25, 0.3) is 6.01 Å². The van der Waals surface area contributed by atoms with E-state index in [0.29, 0.717) is 17.1 Å². The van der Waals surface area contributed by atoms with E-state index in [1.165, 1.54) is 5.56 Å². The average Bonchev–Trinajstić information content (AvgIpc) is 3.04. The molecule has 0 bridgehead atoms. The molecule has 1 fully saturated rings. The fraction of sp³-hybridized carbons (Fsp3) is 0.350. The van der Waals surface area contributed by atoms with Crippen LogP contribution in [0.15, 0.2) is 40.8 Å². The second-order valence-corrected chi connectivity index (χ2v) is 7.30. The molecule has 0 aliphatic carbocycles. The third kappa shape index (κ3) is 3.02. The smallest absolute Gasteiger partial charge is 0.298 e. The molecule has 2 aromatic carbocycles. The van der Waals surface area contributed by atoms with Crippen LogP contribution >= 0.6 is 11.6 Å². The lowest BCUT2D eigenvalue weighted by atomic mass is 10.1. The highest BCUT2D eigenvalue weighted by molar-refractivity contribution is 6.31. The van der Waals surface area contributed by atoms with Crippen molar-refractivity contribution in [3.63, 3.8) is 0 Å². The Labute approximate surface area is 158 Å². The van der Waals surface area contributed by atoms with Crippen LogP contribution in [0, 0.1) is 6.92 Å². The Morgan fingerprint density at radius 3 is 2.85 bits per heavy atom. The van der Waals surface area contributed by atoms with Gasteiger partial charge in [0.1, 0.15) is 5.52 Å².